The zero-order chi connectivity index (χ0) is 9.72. The largest absolute Gasteiger partial charge is 0.322 e. The van der Waals surface area contributed by atoms with E-state index in [1.165, 1.54) is 0 Å². The quantitative estimate of drug-likeness (QED) is 0.614. The van der Waals surface area contributed by atoms with Gasteiger partial charge in [0, 0.05) is 9.52 Å². The van der Waals surface area contributed by atoms with E-state index in [0.29, 0.717) is 0 Å². The fourth-order valence-corrected chi connectivity index (χ4v) is 8.75. The van der Waals surface area contributed by atoms with Gasteiger partial charge in [-0.15, -0.1) is 0 Å². The monoisotopic (exact) mass is 203 g/mol. The molecule has 0 heterocycles. The van der Waals surface area contributed by atoms with Gasteiger partial charge in [0.15, 0.2) is 0 Å². The first-order chi connectivity index (χ1) is 5.50. The standard InChI is InChI=1S/C9H25NSi2/c1-8(2)10(9(3)4)12(6)7-11-5/h8-9,12H,7,11H2,1-6H3. The second-order valence-corrected chi connectivity index (χ2v) is 9.88. The smallest absolute Gasteiger partial charge is 0.106 e. The summed E-state index contributed by atoms with van der Waals surface area (Å²) in [5, 5.41) is 0. The Bertz CT molecular complexity index is 107. The van der Waals surface area contributed by atoms with Crippen molar-refractivity contribution in [3.8, 4) is 0 Å². The van der Waals surface area contributed by atoms with E-state index < -0.39 is 8.96 Å². The summed E-state index contributed by atoms with van der Waals surface area (Å²) in [5.74, 6) is 0. The lowest BCUT2D eigenvalue weighted by Crippen LogP contribution is -2.46. The molecule has 0 spiro atoms. The van der Waals surface area contributed by atoms with Crippen molar-refractivity contribution in [3.05, 3.63) is 0 Å². The van der Waals surface area contributed by atoms with Crippen LogP contribution in [-0.2, 0) is 0 Å². The van der Waals surface area contributed by atoms with Gasteiger partial charge in [-0.25, -0.2) is 0 Å². The maximum atomic E-state index is 2.76. The first kappa shape index (κ1) is 12.4. The molecule has 0 aliphatic rings. The van der Waals surface area contributed by atoms with Gasteiger partial charge in [0.2, 0.25) is 0 Å². The van der Waals surface area contributed by atoms with Gasteiger partial charge in [0.1, 0.15) is 8.96 Å². The van der Waals surface area contributed by atoms with E-state index in [2.05, 4.69) is 45.4 Å². The molecule has 0 aromatic rings. The van der Waals surface area contributed by atoms with Crippen molar-refractivity contribution in [1.82, 2.24) is 4.57 Å². The summed E-state index contributed by atoms with van der Waals surface area (Å²) in [7, 11) is -0.258. The number of hydrogen-bond donors (Lipinski definition) is 0. The molecule has 0 aliphatic heterocycles. The molecule has 0 saturated heterocycles. The molecule has 0 saturated carbocycles. The molecule has 1 unspecified atom stereocenters. The van der Waals surface area contributed by atoms with Gasteiger partial charge < -0.3 is 4.57 Å². The Balaban J connectivity index is 4.09. The van der Waals surface area contributed by atoms with Crippen LogP contribution in [0.4, 0.5) is 0 Å². The molecule has 1 atom stereocenters. The van der Waals surface area contributed by atoms with Crippen LogP contribution in [-0.4, -0.2) is 35.1 Å². The van der Waals surface area contributed by atoms with Crippen LogP contribution in [0, 0.1) is 0 Å². The van der Waals surface area contributed by atoms with E-state index in [4.69, 9.17) is 0 Å². The third-order valence-corrected chi connectivity index (χ3v) is 10.3. The minimum Gasteiger partial charge on any atom is -0.322 e. The van der Waals surface area contributed by atoms with E-state index >= 15 is 0 Å². The first-order valence-corrected chi connectivity index (χ1v) is 10.2. The molecule has 1 nitrogen and oxygen atoms in total. The minimum absolute atomic E-state index is 0.280. The highest BCUT2D eigenvalue weighted by Crippen LogP contribution is 2.10. The second kappa shape index (κ2) is 5.94. The molecule has 0 aromatic carbocycles. The summed E-state index contributed by atoms with van der Waals surface area (Å²) in [5.41, 5.74) is 1.59. The zero-order valence-corrected chi connectivity index (χ0v) is 12.2. The van der Waals surface area contributed by atoms with Crippen LogP contribution < -0.4 is 0 Å². The molecule has 0 aromatic heterocycles. The number of nitrogens with zero attached hydrogens (tertiary/aromatic N) is 1. The Morgan fingerprint density at radius 1 is 1.17 bits per heavy atom. The molecule has 0 bridgehead atoms. The van der Waals surface area contributed by atoms with Crippen molar-refractivity contribution >= 4 is 18.5 Å². The summed E-state index contributed by atoms with van der Waals surface area (Å²) in [6, 6.07) is 1.51. The van der Waals surface area contributed by atoms with Crippen LogP contribution in [0.3, 0.4) is 0 Å². The van der Waals surface area contributed by atoms with Crippen LogP contribution in [0.25, 0.3) is 0 Å². The van der Waals surface area contributed by atoms with E-state index in [-0.39, 0.29) is 9.52 Å². The Kier molecular flexibility index (Phi) is 6.14. The molecule has 0 aliphatic carbocycles. The van der Waals surface area contributed by atoms with Gasteiger partial charge in [-0.3, -0.25) is 0 Å². The topological polar surface area (TPSA) is 3.24 Å². The molecular formula is C9H25NSi2. The molecular weight excluding hydrogens is 178 g/mol. The van der Waals surface area contributed by atoms with Crippen molar-refractivity contribution in [3.63, 3.8) is 0 Å². The maximum absolute atomic E-state index is 2.76. The molecule has 0 radical (unpaired) electrons. The van der Waals surface area contributed by atoms with Crippen LogP contribution >= 0.6 is 0 Å². The van der Waals surface area contributed by atoms with Gasteiger partial charge in [-0.2, -0.15) is 0 Å². The zero-order valence-electron chi connectivity index (χ0n) is 9.59. The normalized spacial score (nSPS) is 15.8. The Labute approximate surface area is 82.1 Å². The molecule has 0 amide bonds. The summed E-state index contributed by atoms with van der Waals surface area (Å²) in [4.78, 5) is 0. The molecule has 12 heavy (non-hydrogen) atoms. The van der Waals surface area contributed by atoms with Crippen LogP contribution in [0.15, 0.2) is 0 Å². The molecule has 74 valence electrons. The van der Waals surface area contributed by atoms with Crippen molar-refractivity contribution in [2.45, 2.75) is 58.5 Å². The van der Waals surface area contributed by atoms with Gasteiger partial charge in [-0.05, 0) is 12.1 Å². The van der Waals surface area contributed by atoms with Gasteiger partial charge in [0.25, 0.3) is 0 Å². The third-order valence-electron chi connectivity index (χ3n) is 2.41. The lowest BCUT2D eigenvalue weighted by Gasteiger charge is -2.35. The van der Waals surface area contributed by atoms with Crippen molar-refractivity contribution in [1.29, 1.82) is 0 Å². The average molecular weight is 203 g/mol. The fourth-order valence-electron chi connectivity index (χ4n) is 2.18. The fraction of sp³-hybridized carbons (Fsp3) is 1.00. The average Bonchev–Trinajstić information content (AvgIpc) is 1.85. The summed E-state index contributed by atoms with van der Waals surface area (Å²) < 4.78 is 2.76. The highest BCUT2D eigenvalue weighted by atomic mass is 28.3. The lowest BCUT2D eigenvalue weighted by molar-refractivity contribution is 0.305. The van der Waals surface area contributed by atoms with E-state index in [9.17, 15) is 0 Å². The highest BCUT2D eigenvalue weighted by molar-refractivity contribution is 6.66. The van der Waals surface area contributed by atoms with Gasteiger partial charge in [0.05, 0.1) is 0 Å². The van der Waals surface area contributed by atoms with Crippen LogP contribution in [0.1, 0.15) is 27.7 Å². The predicted octanol–water partition coefficient (Wildman–Crippen LogP) is 1.63. The Hall–Kier alpha value is 0.394. The molecule has 0 fully saturated rings. The van der Waals surface area contributed by atoms with Crippen molar-refractivity contribution in [2.75, 3.05) is 0 Å². The summed E-state index contributed by atoms with van der Waals surface area (Å²) >= 11 is 0. The highest BCUT2D eigenvalue weighted by Gasteiger charge is 2.19. The maximum Gasteiger partial charge on any atom is 0.106 e. The minimum atomic E-state index is -0.538. The summed E-state index contributed by atoms with van der Waals surface area (Å²) in [6.45, 7) is 14.3. The Morgan fingerprint density at radius 3 is 1.83 bits per heavy atom. The Morgan fingerprint density at radius 2 is 1.58 bits per heavy atom. The predicted molar refractivity (Wildman–Crippen MR) is 64.3 cm³/mol. The summed E-state index contributed by atoms with van der Waals surface area (Å²) in [6.07, 6.45) is 0. The molecule has 0 N–H and O–H groups in total. The van der Waals surface area contributed by atoms with Crippen molar-refractivity contribution in [2.24, 2.45) is 0 Å². The lowest BCUT2D eigenvalue weighted by atomic mass is 10.3. The van der Waals surface area contributed by atoms with Crippen molar-refractivity contribution < 1.29 is 0 Å². The van der Waals surface area contributed by atoms with E-state index in [1.807, 2.05) is 0 Å². The van der Waals surface area contributed by atoms with E-state index in [1.54, 1.807) is 5.67 Å². The molecule has 3 heteroatoms. The van der Waals surface area contributed by atoms with Crippen LogP contribution in [0.2, 0.25) is 18.8 Å². The van der Waals surface area contributed by atoms with Gasteiger partial charge in [-0.1, -0.05) is 46.5 Å². The first-order valence-electron chi connectivity index (χ1n) is 5.28. The third kappa shape index (κ3) is 3.87. The number of hydrogen-bond acceptors (Lipinski definition) is 1. The van der Waals surface area contributed by atoms with Gasteiger partial charge >= 0.3 is 0 Å². The SMILES string of the molecule is C[SiH2]C[SiH](C)N(C(C)C)C(C)C. The van der Waals surface area contributed by atoms with E-state index in [0.717, 1.165) is 12.1 Å². The van der Waals surface area contributed by atoms with Crippen LogP contribution in [0.5, 0.6) is 0 Å². The second-order valence-electron chi connectivity index (χ2n) is 4.27. The number of rotatable bonds is 5. The molecule has 0 rings (SSSR count).